The second-order valence-corrected chi connectivity index (χ2v) is 11.6. The zero-order valence-electron chi connectivity index (χ0n) is 23.0. The van der Waals surface area contributed by atoms with Gasteiger partial charge in [-0.2, -0.15) is 4.98 Å². The lowest BCUT2D eigenvalue weighted by Gasteiger charge is -2.48. The van der Waals surface area contributed by atoms with Crippen molar-refractivity contribution >= 4 is 28.8 Å². The van der Waals surface area contributed by atoms with Crippen molar-refractivity contribution < 1.29 is 9.53 Å². The Hall–Kier alpha value is -3.62. The van der Waals surface area contributed by atoms with Crippen LogP contribution >= 0.6 is 0 Å². The van der Waals surface area contributed by atoms with E-state index < -0.39 is 0 Å². The fourth-order valence-electron chi connectivity index (χ4n) is 6.78. The van der Waals surface area contributed by atoms with Crippen LogP contribution in [0.15, 0.2) is 41.8 Å². The molecule has 1 amide bonds. The lowest BCUT2D eigenvalue weighted by Crippen LogP contribution is -2.46. The van der Waals surface area contributed by atoms with Crippen LogP contribution in [0.5, 0.6) is 0 Å². The van der Waals surface area contributed by atoms with Crippen molar-refractivity contribution in [2.75, 3.05) is 23.4 Å². The van der Waals surface area contributed by atoms with Gasteiger partial charge >= 0.3 is 0 Å². The van der Waals surface area contributed by atoms with E-state index in [1.54, 1.807) is 0 Å². The second-order valence-electron chi connectivity index (χ2n) is 11.6. The average Bonchev–Trinajstić information content (AvgIpc) is 3.29. The molecule has 0 saturated heterocycles. The number of hydrogen-bond donors (Lipinski definition) is 2. The zero-order valence-corrected chi connectivity index (χ0v) is 23.0. The Kier molecular flexibility index (Phi) is 5.97. The third-order valence-corrected chi connectivity index (χ3v) is 9.15. The fraction of sp³-hybridized carbons (Fsp3) is 0.533. The van der Waals surface area contributed by atoms with Crippen LogP contribution in [0.25, 0.3) is 11.2 Å². The van der Waals surface area contributed by atoms with Crippen molar-refractivity contribution in [2.24, 2.45) is 17.8 Å². The first-order valence-electron chi connectivity index (χ1n) is 14.6. The van der Waals surface area contributed by atoms with E-state index in [0.717, 1.165) is 36.6 Å². The summed E-state index contributed by atoms with van der Waals surface area (Å²) >= 11 is 0. The van der Waals surface area contributed by atoms with Crippen LogP contribution in [0.3, 0.4) is 0 Å². The standard InChI is InChI=1S/C30H37N7O2/c1-4-31-29(38)28-33-26(32-18(3)19-11-8-12-19)24-27(34-28)35-30-36(24)15-21-14-13-17(2)25-23(21)37(30)22(16-39-25)20-9-6-5-7-10-20/h5-7,9-10,17-19,21-22H,4,8,11-16H2,1-3H3,(H,31,38)(H,32,33,34)/t17-,18-,21+,22+/m1/s1. The van der Waals surface area contributed by atoms with Gasteiger partial charge in [-0.1, -0.05) is 43.7 Å². The number of fused-ring (bicyclic) bond motifs is 4. The molecular weight excluding hydrogens is 490 g/mol. The first-order valence-corrected chi connectivity index (χ1v) is 14.6. The quantitative estimate of drug-likeness (QED) is 0.464. The molecule has 0 spiro atoms. The number of anilines is 2. The van der Waals surface area contributed by atoms with Gasteiger partial charge in [0.1, 0.15) is 17.9 Å². The summed E-state index contributed by atoms with van der Waals surface area (Å²) in [6.45, 7) is 8.29. The van der Waals surface area contributed by atoms with Gasteiger partial charge < -0.3 is 24.8 Å². The first kappa shape index (κ1) is 24.4. The summed E-state index contributed by atoms with van der Waals surface area (Å²) in [4.78, 5) is 30.0. The van der Waals surface area contributed by atoms with Crippen molar-refractivity contribution in [3.05, 3.63) is 53.2 Å². The lowest BCUT2D eigenvalue weighted by atomic mass is 9.80. The molecule has 7 rings (SSSR count). The number of amides is 1. The van der Waals surface area contributed by atoms with E-state index in [1.165, 1.54) is 30.5 Å². The number of nitrogens with zero attached hydrogens (tertiary/aromatic N) is 5. The van der Waals surface area contributed by atoms with Gasteiger partial charge in [0, 0.05) is 31.0 Å². The van der Waals surface area contributed by atoms with Crippen LogP contribution in [0.2, 0.25) is 0 Å². The molecule has 4 atom stereocenters. The first-order chi connectivity index (χ1) is 19.0. The molecule has 9 heteroatoms. The summed E-state index contributed by atoms with van der Waals surface area (Å²) in [6.07, 6.45) is 5.92. The molecular formula is C30H37N7O2. The highest BCUT2D eigenvalue weighted by Crippen LogP contribution is 2.50. The molecule has 4 heterocycles. The number of rotatable bonds is 6. The number of nitrogens with one attached hydrogen (secondary N) is 2. The van der Waals surface area contributed by atoms with Crippen LogP contribution in [-0.4, -0.2) is 44.6 Å². The minimum atomic E-state index is -0.272. The molecule has 2 aliphatic carbocycles. The summed E-state index contributed by atoms with van der Waals surface area (Å²) in [5, 5.41) is 6.55. The van der Waals surface area contributed by atoms with Crippen LogP contribution in [0, 0.1) is 17.8 Å². The number of aromatic nitrogens is 4. The Morgan fingerprint density at radius 2 is 1.95 bits per heavy atom. The topological polar surface area (TPSA) is 97.2 Å². The molecule has 4 aliphatic rings. The number of carbonyl (C=O) groups is 1. The summed E-state index contributed by atoms with van der Waals surface area (Å²) in [6, 6.07) is 10.8. The molecule has 0 radical (unpaired) electrons. The van der Waals surface area contributed by atoms with Gasteiger partial charge in [0.25, 0.3) is 5.91 Å². The normalized spacial score (nSPS) is 24.9. The summed E-state index contributed by atoms with van der Waals surface area (Å²) in [7, 11) is 0. The molecule has 0 bridgehead atoms. The van der Waals surface area contributed by atoms with Crippen molar-refractivity contribution in [1.82, 2.24) is 24.8 Å². The van der Waals surface area contributed by atoms with Crippen LogP contribution in [0.1, 0.15) is 75.1 Å². The molecule has 1 aromatic carbocycles. The minimum Gasteiger partial charge on any atom is -0.493 e. The minimum absolute atomic E-state index is 0.00902. The molecule has 39 heavy (non-hydrogen) atoms. The largest absolute Gasteiger partial charge is 0.493 e. The smallest absolute Gasteiger partial charge is 0.289 e. The maximum Gasteiger partial charge on any atom is 0.289 e. The molecule has 2 N–H and O–H groups in total. The summed E-state index contributed by atoms with van der Waals surface area (Å²) in [5.41, 5.74) is 3.93. The van der Waals surface area contributed by atoms with E-state index in [0.29, 0.717) is 42.4 Å². The van der Waals surface area contributed by atoms with Crippen molar-refractivity contribution in [3.63, 3.8) is 0 Å². The van der Waals surface area contributed by atoms with Gasteiger partial charge in [-0.25, -0.2) is 9.97 Å². The maximum atomic E-state index is 12.9. The van der Waals surface area contributed by atoms with Gasteiger partial charge in [-0.3, -0.25) is 4.79 Å². The number of ether oxygens (including phenoxy) is 1. The molecule has 1 saturated carbocycles. The van der Waals surface area contributed by atoms with E-state index in [1.807, 2.05) is 6.92 Å². The van der Waals surface area contributed by atoms with Gasteiger partial charge in [-0.15, -0.1) is 0 Å². The predicted octanol–water partition coefficient (Wildman–Crippen LogP) is 5.03. The lowest BCUT2D eigenvalue weighted by molar-refractivity contribution is 0.0946. The van der Waals surface area contributed by atoms with Crippen LogP contribution in [-0.2, 0) is 11.3 Å². The molecule has 204 valence electrons. The van der Waals surface area contributed by atoms with E-state index in [-0.39, 0.29) is 23.8 Å². The summed E-state index contributed by atoms with van der Waals surface area (Å²) < 4.78 is 8.79. The van der Waals surface area contributed by atoms with Crippen LogP contribution < -0.4 is 15.5 Å². The molecule has 3 aromatic rings. The molecule has 2 aromatic heterocycles. The highest BCUT2D eigenvalue weighted by Gasteiger charge is 2.45. The van der Waals surface area contributed by atoms with Gasteiger partial charge in [-0.05, 0) is 51.0 Å². The van der Waals surface area contributed by atoms with E-state index >= 15 is 0 Å². The van der Waals surface area contributed by atoms with Gasteiger partial charge in [0.05, 0.1) is 11.7 Å². The van der Waals surface area contributed by atoms with E-state index in [2.05, 4.69) is 64.3 Å². The van der Waals surface area contributed by atoms with Crippen molar-refractivity contribution in [2.45, 2.75) is 71.5 Å². The Morgan fingerprint density at radius 1 is 1.13 bits per heavy atom. The van der Waals surface area contributed by atoms with E-state index in [9.17, 15) is 4.79 Å². The third kappa shape index (κ3) is 3.96. The third-order valence-electron chi connectivity index (χ3n) is 9.15. The predicted molar refractivity (Wildman–Crippen MR) is 150 cm³/mol. The second kappa shape index (κ2) is 9.54. The van der Waals surface area contributed by atoms with Crippen molar-refractivity contribution in [1.29, 1.82) is 0 Å². The maximum absolute atomic E-state index is 12.9. The SMILES string of the molecule is CCNC(=O)c1nc(N[C@H](C)C2CCC2)c2c(n1)nc1n2C[C@@H]2CC[C@@H](C)C3=C2N1[C@H](c1ccccc1)CO3. The van der Waals surface area contributed by atoms with E-state index in [4.69, 9.17) is 19.7 Å². The average molecular weight is 528 g/mol. The Bertz CT molecular complexity index is 1440. The highest BCUT2D eigenvalue weighted by molar-refractivity contribution is 5.95. The molecule has 2 aliphatic heterocycles. The zero-order chi connectivity index (χ0) is 26.7. The molecule has 0 unspecified atom stereocenters. The number of hydrogen-bond acceptors (Lipinski definition) is 7. The number of carbonyl (C=O) groups excluding carboxylic acids is 1. The highest BCUT2D eigenvalue weighted by atomic mass is 16.5. The summed E-state index contributed by atoms with van der Waals surface area (Å²) in [5.74, 6) is 3.90. The fourth-order valence-corrected chi connectivity index (χ4v) is 6.78. The number of benzene rings is 1. The Morgan fingerprint density at radius 3 is 2.69 bits per heavy atom. The Labute approximate surface area is 229 Å². The van der Waals surface area contributed by atoms with Crippen molar-refractivity contribution in [3.8, 4) is 0 Å². The number of imidazole rings is 1. The Balaban J connectivity index is 1.42. The van der Waals surface area contributed by atoms with Crippen LogP contribution in [0.4, 0.5) is 11.8 Å². The number of allylic oxidation sites excluding steroid dienone is 2. The molecule has 1 fully saturated rings. The monoisotopic (exact) mass is 527 g/mol. The van der Waals surface area contributed by atoms with Gasteiger partial charge in [0.15, 0.2) is 11.5 Å². The molecule has 9 nitrogen and oxygen atoms in total. The van der Waals surface area contributed by atoms with Gasteiger partial charge in [0.2, 0.25) is 11.8 Å².